The molecule has 2 aliphatic heterocycles. The first kappa shape index (κ1) is 21.8. The number of aliphatic hydroxyl groups excluding tert-OH is 2. The van der Waals surface area contributed by atoms with E-state index in [1.165, 1.54) is 22.5 Å². The van der Waals surface area contributed by atoms with Gasteiger partial charge in [0, 0.05) is 48.3 Å². The number of aliphatic hydroxyl groups is 2. The van der Waals surface area contributed by atoms with Crippen molar-refractivity contribution in [3.8, 4) is 0 Å². The third-order valence-electron chi connectivity index (χ3n) is 5.44. The Balaban J connectivity index is 2.06. The highest BCUT2D eigenvalue weighted by atomic mass is 35.5. The first-order chi connectivity index (χ1) is 13.3. The van der Waals surface area contributed by atoms with Gasteiger partial charge < -0.3 is 15.1 Å². The molecule has 0 spiro atoms. The van der Waals surface area contributed by atoms with Crippen LogP contribution in [0.1, 0.15) is 25.7 Å². The zero-order chi connectivity index (χ0) is 20.5. The lowest BCUT2D eigenvalue weighted by Gasteiger charge is -2.40. The van der Waals surface area contributed by atoms with E-state index in [9.17, 15) is 18.3 Å². The number of benzene rings is 1. The maximum Gasteiger partial charge on any atom is 0.244 e. The van der Waals surface area contributed by atoms with Crippen LogP contribution in [-0.2, 0) is 14.8 Å². The van der Waals surface area contributed by atoms with Gasteiger partial charge in [-0.05, 0) is 43.9 Å². The second-order valence-electron chi connectivity index (χ2n) is 7.26. The molecule has 1 unspecified atom stereocenters. The van der Waals surface area contributed by atoms with Gasteiger partial charge in [0.2, 0.25) is 15.9 Å². The molecule has 28 heavy (non-hydrogen) atoms. The molecule has 0 radical (unpaired) electrons. The van der Waals surface area contributed by atoms with Crippen LogP contribution in [0.15, 0.2) is 23.1 Å². The van der Waals surface area contributed by atoms with Crippen molar-refractivity contribution in [2.75, 3.05) is 26.3 Å². The van der Waals surface area contributed by atoms with E-state index < -0.39 is 28.0 Å². The van der Waals surface area contributed by atoms with Crippen LogP contribution in [0, 0.1) is 5.92 Å². The van der Waals surface area contributed by atoms with Crippen molar-refractivity contribution in [2.24, 2.45) is 5.92 Å². The minimum atomic E-state index is -4.05. The van der Waals surface area contributed by atoms with Crippen LogP contribution < -0.4 is 0 Å². The second-order valence-corrected chi connectivity index (χ2v) is 9.97. The molecule has 2 bridgehead atoms. The van der Waals surface area contributed by atoms with Crippen molar-refractivity contribution in [1.29, 1.82) is 0 Å². The average Bonchev–Trinajstić information content (AvgIpc) is 2.72. The van der Waals surface area contributed by atoms with Gasteiger partial charge in [-0.25, -0.2) is 8.42 Å². The Morgan fingerprint density at radius 1 is 1.11 bits per heavy atom. The normalized spacial score (nSPS) is 26.4. The molecule has 10 heteroatoms. The molecule has 7 nitrogen and oxygen atoms in total. The molecule has 1 amide bonds. The molecule has 3 atom stereocenters. The molecule has 0 aliphatic carbocycles. The largest absolute Gasteiger partial charge is 0.396 e. The molecule has 1 aromatic carbocycles. The lowest BCUT2D eigenvalue weighted by molar-refractivity contribution is -0.135. The predicted molar refractivity (Wildman–Crippen MR) is 106 cm³/mol. The first-order valence-electron chi connectivity index (χ1n) is 9.29. The Morgan fingerprint density at radius 2 is 1.79 bits per heavy atom. The molecule has 2 N–H and O–H groups in total. The molecule has 1 aromatic rings. The molecule has 0 saturated carbocycles. The smallest absolute Gasteiger partial charge is 0.244 e. The Labute approximate surface area is 174 Å². The standard InChI is InChI=1S/C18H24Cl2N2O5S/c19-13-7-14(20)9-15(8-13)28(26,27)22-16-3-1-4-17(22)18(25)21(5-2-6-23)10-12(16)11-24/h7-9,12,16-17,23-24H,1-6,10-11H2/t12-,16+,17?/m1/s1. The Kier molecular flexibility index (Phi) is 6.89. The number of rotatable bonds is 6. The summed E-state index contributed by atoms with van der Waals surface area (Å²) in [6, 6.07) is 2.77. The van der Waals surface area contributed by atoms with Gasteiger partial charge in [-0.1, -0.05) is 23.2 Å². The molecule has 0 aromatic heterocycles. The van der Waals surface area contributed by atoms with Crippen molar-refractivity contribution in [3.05, 3.63) is 28.2 Å². The highest BCUT2D eigenvalue weighted by Crippen LogP contribution is 2.38. The monoisotopic (exact) mass is 450 g/mol. The van der Waals surface area contributed by atoms with Gasteiger partial charge in [0.25, 0.3) is 0 Å². The first-order valence-corrected chi connectivity index (χ1v) is 11.5. The third-order valence-corrected chi connectivity index (χ3v) is 7.79. The Hall–Kier alpha value is -0.900. The lowest BCUT2D eigenvalue weighted by Crippen LogP contribution is -2.55. The number of carbonyl (C=O) groups is 1. The van der Waals surface area contributed by atoms with Crippen LogP contribution in [0.2, 0.25) is 10.0 Å². The summed E-state index contributed by atoms with van der Waals surface area (Å²) in [4.78, 5) is 14.7. The van der Waals surface area contributed by atoms with E-state index >= 15 is 0 Å². The molecule has 2 heterocycles. The van der Waals surface area contributed by atoms with Gasteiger partial charge >= 0.3 is 0 Å². The highest BCUT2D eigenvalue weighted by molar-refractivity contribution is 7.89. The fourth-order valence-corrected chi connectivity index (χ4v) is 6.79. The Bertz CT molecular complexity index is 815. The predicted octanol–water partition coefficient (Wildman–Crippen LogP) is 1.74. The zero-order valence-corrected chi connectivity index (χ0v) is 17.6. The van der Waals surface area contributed by atoms with Crippen LogP contribution in [0.25, 0.3) is 0 Å². The van der Waals surface area contributed by atoms with Gasteiger partial charge in [-0.15, -0.1) is 0 Å². The summed E-state index contributed by atoms with van der Waals surface area (Å²) in [7, 11) is -4.05. The van der Waals surface area contributed by atoms with E-state index in [2.05, 4.69) is 0 Å². The number of hydrogen-bond donors (Lipinski definition) is 2. The summed E-state index contributed by atoms with van der Waals surface area (Å²) in [5.41, 5.74) is 0. The van der Waals surface area contributed by atoms with E-state index in [1.54, 1.807) is 4.90 Å². The van der Waals surface area contributed by atoms with E-state index in [-0.39, 0.29) is 40.6 Å². The van der Waals surface area contributed by atoms with Gasteiger partial charge in [-0.2, -0.15) is 4.31 Å². The fraction of sp³-hybridized carbons (Fsp3) is 0.611. The minimum Gasteiger partial charge on any atom is -0.396 e. The fourth-order valence-electron chi connectivity index (χ4n) is 4.17. The van der Waals surface area contributed by atoms with E-state index in [0.29, 0.717) is 32.2 Å². The number of hydrogen-bond acceptors (Lipinski definition) is 5. The maximum atomic E-state index is 13.5. The van der Waals surface area contributed by atoms with E-state index in [4.69, 9.17) is 28.3 Å². The van der Waals surface area contributed by atoms with Crippen molar-refractivity contribution in [2.45, 2.75) is 42.7 Å². The van der Waals surface area contributed by atoms with Crippen molar-refractivity contribution >= 4 is 39.1 Å². The molecular formula is C18H24Cl2N2O5S. The summed E-state index contributed by atoms with van der Waals surface area (Å²) in [6.07, 6.45) is 2.08. The van der Waals surface area contributed by atoms with E-state index in [0.717, 1.165) is 0 Å². The Morgan fingerprint density at radius 3 is 2.39 bits per heavy atom. The molecular weight excluding hydrogens is 427 g/mol. The second kappa shape index (κ2) is 8.85. The summed E-state index contributed by atoms with van der Waals surface area (Å²) < 4.78 is 28.3. The highest BCUT2D eigenvalue weighted by Gasteiger charge is 2.49. The third kappa shape index (κ3) is 4.17. The van der Waals surface area contributed by atoms with Crippen LogP contribution in [0.3, 0.4) is 0 Å². The van der Waals surface area contributed by atoms with Gasteiger partial charge in [0.05, 0.1) is 4.90 Å². The summed E-state index contributed by atoms with van der Waals surface area (Å²) in [6.45, 7) is 0.290. The number of nitrogens with zero attached hydrogens (tertiary/aromatic N) is 2. The van der Waals surface area contributed by atoms with Crippen LogP contribution >= 0.6 is 23.2 Å². The molecule has 156 valence electrons. The van der Waals surface area contributed by atoms with Gasteiger partial charge in [0.1, 0.15) is 6.04 Å². The number of carbonyl (C=O) groups excluding carboxylic acids is 1. The number of sulfonamides is 1. The SMILES string of the molecule is O=C1C2CCC[C@@H]([C@@H](CO)CN1CCCO)N2S(=O)(=O)c1cc(Cl)cc(Cl)c1. The van der Waals surface area contributed by atoms with Crippen LogP contribution in [-0.4, -0.2) is 72.1 Å². The van der Waals surface area contributed by atoms with E-state index in [1.807, 2.05) is 0 Å². The van der Waals surface area contributed by atoms with Crippen molar-refractivity contribution in [1.82, 2.24) is 9.21 Å². The average molecular weight is 451 g/mol. The van der Waals surface area contributed by atoms with Crippen LogP contribution in [0.4, 0.5) is 0 Å². The quantitative estimate of drug-likeness (QED) is 0.687. The van der Waals surface area contributed by atoms with Crippen molar-refractivity contribution in [3.63, 3.8) is 0 Å². The van der Waals surface area contributed by atoms with Gasteiger partial charge in [-0.3, -0.25) is 4.79 Å². The molecule has 2 aliphatic rings. The summed E-state index contributed by atoms with van der Waals surface area (Å²) in [5, 5.41) is 19.5. The maximum absolute atomic E-state index is 13.5. The number of amides is 1. The minimum absolute atomic E-state index is 0.0600. The van der Waals surface area contributed by atoms with Gasteiger partial charge in [0.15, 0.2) is 0 Å². The summed E-state index contributed by atoms with van der Waals surface area (Å²) in [5.74, 6) is -0.692. The number of halogens is 2. The van der Waals surface area contributed by atoms with Crippen LogP contribution in [0.5, 0.6) is 0 Å². The number of piperidine rings is 1. The number of fused-ring (bicyclic) bond motifs is 2. The summed E-state index contributed by atoms with van der Waals surface area (Å²) >= 11 is 12.0. The van der Waals surface area contributed by atoms with Crippen molar-refractivity contribution < 1.29 is 23.4 Å². The molecule has 3 rings (SSSR count). The lowest BCUT2D eigenvalue weighted by atomic mass is 9.91. The topological polar surface area (TPSA) is 98.1 Å². The molecule has 2 fully saturated rings. The molecule has 2 saturated heterocycles. The zero-order valence-electron chi connectivity index (χ0n) is 15.3.